The van der Waals surface area contributed by atoms with E-state index in [-0.39, 0.29) is 6.42 Å². The number of hydrogen-bond acceptors (Lipinski definition) is 3. The Morgan fingerprint density at radius 3 is 2.89 bits per heavy atom. The van der Waals surface area contributed by atoms with E-state index < -0.39 is 5.97 Å². The predicted molar refractivity (Wildman–Crippen MR) is 70.8 cm³/mol. The fraction of sp³-hybridized carbons (Fsp3) is 0.0667. The number of aliphatic carboxylic acids is 1. The maximum Gasteiger partial charge on any atom is 0.307 e. The molecule has 3 aromatic rings. The highest BCUT2D eigenvalue weighted by molar-refractivity contribution is 5.84. The van der Waals surface area contributed by atoms with Crippen LogP contribution in [0.5, 0.6) is 0 Å². The standard InChI is InChI=1S/C15H11NO3/c17-15(18)8-11-9-16-6-5-12(11)14-7-10-3-1-2-4-13(10)19-14/h1-7,9H,8H2,(H,17,18). The first-order valence-corrected chi connectivity index (χ1v) is 5.87. The highest BCUT2D eigenvalue weighted by Crippen LogP contribution is 2.29. The van der Waals surface area contributed by atoms with E-state index in [4.69, 9.17) is 9.52 Å². The fourth-order valence-electron chi connectivity index (χ4n) is 2.09. The van der Waals surface area contributed by atoms with Gasteiger partial charge < -0.3 is 9.52 Å². The largest absolute Gasteiger partial charge is 0.481 e. The number of hydrogen-bond donors (Lipinski definition) is 1. The van der Waals surface area contributed by atoms with Gasteiger partial charge in [-0.2, -0.15) is 0 Å². The van der Waals surface area contributed by atoms with Gasteiger partial charge in [0.25, 0.3) is 0 Å². The van der Waals surface area contributed by atoms with Crippen molar-refractivity contribution in [2.45, 2.75) is 6.42 Å². The molecule has 0 aliphatic rings. The molecule has 0 bridgehead atoms. The molecule has 0 atom stereocenters. The summed E-state index contributed by atoms with van der Waals surface area (Å²) in [7, 11) is 0. The van der Waals surface area contributed by atoms with Crippen molar-refractivity contribution in [3.8, 4) is 11.3 Å². The molecule has 0 spiro atoms. The minimum atomic E-state index is -0.884. The number of fused-ring (bicyclic) bond motifs is 1. The lowest BCUT2D eigenvalue weighted by atomic mass is 10.1. The molecule has 0 fully saturated rings. The highest BCUT2D eigenvalue weighted by Gasteiger charge is 2.12. The normalized spacial score (nSPS) is 10.7. The number of nitrogens with zero attached hydrogens (tertiary/aromatic N) is 1. The average Bonchev–Trinajstić information content (AvgIpc) is 2.82. The van der Waals surface area contributed by atoms with Gasteiger partial charge in [0.05, 0.1) is 6.42 Å². The van der Waals surface area contributed by atoms with Gasteiger partial charge in [0.2, 0.25) is 0 Å². The van der Waals surface area contributed by atoms with Gasteiger partial charge in [0, 0.05) is 23.3 Å². The monoisotopic (exact) mass is 253 g/mol. The molecule has 4 heteroatoms. The van der Waals surface area contributed by atoms with Crippen molar-refractivity contribution >= 4 is 16.9 Å². The van der Waals surface area contributed by atoms with E-state index in [0.29, 0.717) is 11.3 Å². The summed E-state index contributed by atoms with van der Waals surface area (Å²) in [4.78, 5) is 14.8. The molecule has 2 aromatic heterocycles. The van der Waals surface area contributed by atoms with Crippen LogP contribution in [0.4, 0.5) is 0 Å². The van der Waals surface area contributed by atoms with E-state index in [0.717, 1.165) is 16.5 Å². The molecular formula is C15H11NO3. The van der Waals surface area contributed by atoms with Crippen LogP contribution in [0.25, 0.3) is 22.3 Å². The van der Waals surface area contributed by atoms with Crippen LogP contribution in [0.15, 0.2) is 53.2 Å². The van der Waals surface area contributed by atoms with E-state index in [1.807, 2.05) is 30.3 Å². The number of aromatic nitrogens is 1. The second-order valence-electron chi connectivity index (χ2n) is 4.25. The van der Waals surface area contributed by atoms with Crippen LogP contribution in [-0.2, 0) is 11.2 Å². The van der Waals surface area contributed by atoms with Crippen LogP contribution < -0.4 is 0 Å². The first-order valence-electron chi connectivity index (χ1n) is 5.87. The maximum absolute atomic E-state index is 10.9. The molecule has 0 saturated heterocycles. The van der Waals surface area contributed by atoms with Crippen LogP contribution in [0.2, 0.25) is 0 Å². The SMILES string of the molecule is O=C(O)Cc1cnccc1-c1cc2ccccc2o1. The van der Waals surface area contributed by atoms with E-state index in [1.54, 1.807) is 18.5 Å². The van der Waals surface area contributed by atoms with Crippen molar-refractivity contribution in [2.24, 2.45) is 0 Å². The van der Waals surface area contributed by atoms with Crippen LogP contribution >= 0.6 is 0 Å². The van der Waals surface area contributed by atoms with Gasteiger partial charge in [-0.1, -0.05) is 18.2 Å². The highest BCUT2D eigenvalue weighted by atomic mass is 16.4. The van der Waals surface area contributed by atoms with Crippen LogP contribution in [0.3, 0.4) is 0 Å². The Balaban J connectivity index is 2.13. The minimum absolute atomic E-state index is 0.0692. The van der Waals surface area contributed by atoms with Gasteiger partial charge in [-0.25, -0.2) is 0 Å². The second-order valence-corrected chi connectivity index (χ2v) is 4.25. The second kappa shape index (κ2) is 4.57. The summed E-state index contributed by atoms with van der Waals surface area (Å²) in [6.45, 7) is 0. The Bertz CT molecular complexity index is 713. The molecule has 2 heterocycles. The lowest BCUT2D eigenvalue weighted by molar-refractivity contribution is -0.136. The van der Waals surface area contributed by atoms with E-state index in [9.17, 15) is 4.79 Å². The summed E-state index contributed by atoms with van der Waals surface area (Å²) < 4.78 is 5.76. The van der Waals surface area contributed by atoms with Crippen molar-refractivity contribution in [3.05, 3.63) is 54.4 Å². The quantitative estimate of drug-likeness (QED) is 0.778. The van der Waals surface area contributed by atoms with Crippen molar-refractivity contribution < 1.29 is 14.3 Å². The Morgan fingerprint density at radius 1 is 1.26 bits per heavy atom. The van der Waals surface area contributed by atoms with E-state index in [1.165, 1.54) is 0 Å². The molecule has 0 unspecified atom stereocenters. The van der Waals surface area contributed by atoms with E-state index >= 15 is 0 Å². The van der Waals surface area contributed by atoms with Gasteiger partial charge in [-0.3, -0.25) is 9.78 Å². The Labute approximate surface area is 109 Å². The smallest absolute Gasteiger partial charge is 0.307 e. The van der Waals surface area contributed by atoms with Crippen molar-refractivity contribution in [1.29, 1.82) is 0 Å². The predicted octanol–water partition coefficient (Wildman–Crippen LogP) is 3.12. The summed E-state index contributed by atoms with van der Waals surface area (Å²) in [6.07, 6.45) is 3.13. The zero-order valence-corrected chi connectivity index (χ0v) is 10.0. The van der Waals surface area contributed by atoms with Crippen LogP contribution in [0, 0.1) is 0 Å². The number of carboxylic acid groups (broad SMARTS) is 1. The fourth-order valence-corrected chi connectivity index (χ4v) is 2.09. The van der Waals surface area contributed by atoms with Gasteiger partial charge in [-0.15, -0.1) is 0 Å². The molecule has 19 heavy (non-hydrogen) atoms. The summed E-state index contributed by atoms with van der Waals surface area (Å²) in [5.41, 5.74) is 2.21. The molecule has 3 rings (SSSR count). The van der Waals surface area contributed by atoms with E-state index in [2.05, 4.69) is 4.98 Å². The third kappa shape index (κ3) is 2.20. The lowest BCUT2D eigenvalue weighted by Gasteiger charge is -2.03. The summed E-state index contributed by atoms with van der Waals surface area (Å²) >= 11 is 0. The third-order valence-electron chi connectivity index (χ3n) is 2.94. The van der Waals surface area contributed by atoms with Gasteiger partial charge in [0.1, 0.15) is 11.3 Å². The number of carboxylic acids is 1. The molecule has 0 aliphatic carbocycles. The zero-order chi connectivity index (χ0) is 13.2. The number of rotatable bonds is 3. The number of furan rings is 1. The summed E-state index contributed by atoms with van der Waals surface area (Å²) in [5, 5.41) is 9.92. The molecule has 94 valence electrons. The molecule has 0 aliphatic heterocycles. The Morgan fingerprint density at radius 2 is 2.11 bits per heavy atom. The van der Waals surface area contributed by atoms with Crippen LogP contribution in [0.1, 0.15) is 5.56 Å². The zero-order valence-electron chi connectivity index (χ0n) is 10.0. The van der Waals surface area contributed by atoms with Crippen molar-refractivity contribution in [3.63, 3.8) is 0 Å². The number of benzene rings is 1. The first kappa shape index (κ1) is 11.5. The molecule has 0 radical (unpaired) electrons. The van der Waals surface area contributed by atoms with Gasteiger partial charge in [-0.05, 0) is 23.8 Å². The molecule has 4 nitrogen and oxygen atoms in total. The first-order chi connectivity index (χ1) is 9.24. The molecule has 1 N–H and O–H groups in total. The maximum atomic E-state index is 10.9. The topological polar surface area (TPSA) is 63.3 Å². The summed E-state index contributed by atoms with van der Waals surface area (Å²) in [5.74, 6) is -0.217. The van der Waals surface area contributed by atoms with Gasteiger partial charge >= 0.3 is 5.97 Å². The Kier molecular flexibility index (Phi) is 2.76. The van der Waals surface area contributed by atoms with Crippen molar-refractivity contribution in [2.75, 3.05) is 0 Å². The molecule has 1 aromatic carbocycles. The lowest BCUT2D eigenvalue weighted by Crippen LogP contribution is -2.02. The Hall–Kier alpha value is -2.62. The molecule has 0 saturated carbocycles. The van der Waals surface area contributed by atoms with Crippen molar-refractivity contribution in [1.82, 2.24) is 4.98 Å². The number of carbonyl (C=O) groups is 1. The number of pyridine rings is 1. The molecular weight excluding hydrogens is 242 g/mol. The van der Waals surface area contributed by atoms with Gasteiger partial charge in [0.15, 0.2) is 0 Å². The minimum Gasteiger partial charge on any atom is -0.481 e. The summed E-state index contributed by atoms with van der Waals surface area (Å²) in [6, 6.07) is 11.4. The average molecular weight is 253 g/mol. The third-order valence-corrected chi connectivity index (χ3v) is 2.94. The number of para-hydroxylation sites is 1. The molecule has 0 amide bonds. The van der Waals surface area contributed by atoms with Crippen LogP contribution in [-0.4, -0.2) is 16.1 Å².